The van der Waals surface area contributed by atoms with E-state index >= 15 is 0 Å². The van der Waals surface area contributed by atoms with E-state index in [0.29, 0.717) is 16.9 Å². The summed E-state index contributed by atoms with van der Waals surface area (Å²) < 4.78 is 4.76. The summed E-state index contributed by atoms with van der Waals surface area (Å²) in [4.78, 5) is 11.7. The molecule has 0 aromatic heterocycles. The van der Waals surface area contributed by atoms with Crippen molar-refractivity contribution in [3.8, 4) is 0 Å². The van der Waals surface area contributed by atoms with E-state index in [9.17, 15) is 4.79 Å². The summed E-state index contributed by atoms with van der Waals surface area (Å²) in [6, 6.07) is 13.0. The molecule has 19 heavy (non-hydrogen) atoms. The molecule has 0 aliphatic carbocycles. The Morgan fingerprint density at radius 3 is 2.68 bits per heavy atom. The minimum atomic E-state index is -0.414. The zero-order valence-corrected chi connectivity index (χ0v) is 10.9. The van der Waals surface area contributed by atoms with Crippen LogP contribution in [0.25, 0.3) is 0 Å². The number of rotatable bonds is 3. The SMILES string of the molecule is COC(=O)c1cc(N)ccc1Nc1cccc(C)c1. The zero-order valence-electron chi connectivity index (χ0n) is 10.9. The van der Waals surface area contributed by atoms with Crippen LogP contribution in [0, 0.1) is 6.92 Å². The predicted molar refractivity (Wildman–Crippen MR) is 76.7 cm³/mol. The lowest BCUT2D eigenvalue weighted by Gasteiger charge is -2.12. The molecule has 2 rings (SSSR count). The Balaban J connectivity index is 2.37. The number of aryl methyl sites for hydroxylation is 1. The maximum absolute atomic E-state index is 11.7. The molecule has 0 heterocycles. The number of carbonyl (C=O) groups is 1. The van der Waals surface area contributed by atoms with Crippen molar-refractivity contribution in [2.45, 2.75) is 6.92 Å². The number of carbonyl (C=O) groups excluding carboxylic acids is 1. The standard InChI is InChI=1S/C15H16N2O2/c1-10-4-3-5-12(8-10)17-14-7-6-11(16)9-13(14)15(18)19-2/h3-9,17H,16H2,1-2H3. The van der Waals surface area contributed by atoms with Gasteiger partial charge < -0.3 is 15.8 Å². The van der Waals surface area contributed by atoms with Gasteiger partial charge in [0.2, 0.25) is 0 Å². The third-order valence-corrected chi connectivity index (χ3v) is 2.75. The van der Waals surface area contributed by atoms with Crippen molar-refractivity contribution in [1.29, 1.82) is 0 Å². The molecular weight excluding hydrogens is 240 g/mol. The first kappa shape index (κ1) is 13.0. The zero-order chi connectivity index (χ0) is 13.8. The maximum atomic E-state index is 11.7. The van der Waals surface area contributed by atoms with Crippen LogP contribution in [0.15, 0.2) is 42.5 Å². The molecule has 0 aliphatic heterocycles. The van der Waals surface area contributed by atoms with Crippen LogP contribution in [0.3, 0.4) is 0 Å². The number of nitrogens with one attached hydrogen (secondary N) is 1. The van der Waals surface area contributed by atoms with Gasteiger partial charge in [-0.3, -0.25) is 0 Å². The van der Waals surface area contributed by atoms with Gasteiger partial charge in [-0.15, -0.1) is 0 Å². The third kappa shape index (κ3) is 3.04. The van der Waals surface area contributed by atoms with E-state index in [1.807, 2.05) is 31.2 Å². The number of ether oxygens (including phenoxy) is 1. The molecule has 0 bridgehead atoms. The summed E-state index contributed by atoms with van der Waals surface area (Å²) >= 11 is 0. The van der Waals surface area contributed by atoms with E-state index < -0.39 is 5.97 Å². The van der Waals surface area contributed by atoms with Gasteiger partial charge in [0.25, 0.3) is 0 Å². The Morgan fingerprint density at radius 1 is 1.21 bits per heavy atom. The number of esters is 1. The van der Waals surface area contributed by atoms with Crippen molar-refractivity contribution in [3.63, 3.8) is 0 Å². The van der Waals surface area contributed by atoms with Crippen molar-refractivity contribution < 1.29 is 9.53 Å². The van der Waals surface area contributed by atoms with Gasteiger partial charge in [-0.25, -0.2) is 4.79 Å². The van der Waals surface area contributed by atoms with Crippen molar-refractivity contribution in [3.05, 3.63) is 53.6 Å². The average Bonchev–Trinajstić information content (AvgIpc) is 2.40. The molecule has 0 saturated heterocycles. The molecule has 0 atom stereocenters. The Hall–Kier alpha value is -2.49. The van der Waals surface area contributed by atoms with Crippen molar-refractivity contribution in [2.75, 3.05) is 18.2 Å². The summed E-state index contributed by atoms with van der Waals surface area (Å²) in [5, 5.41) is 3.20. The van der Waals surface area contributed by atoms with Gasteiger partial charge in [-0.05, 0) is 42.8 Å². The van der Waals surface area contributed by atoms with Gasteiger partial charge in [0.05, 0.1) is 18.4 Å². The normalized spacial score (nSPS) is 10.0. The molecule has 2 aromatic carbocycles. The first-order chi connectivity index (χ1) is 9.10. The fourth-order valence-corrected chi connectivity index (χ4v) is 1.83. The highest BCUT2D eigenvalue weighted by atomic mass is 16.5. The Kier molecular flexibility index (Phi) is 3.71. The number of benzene rings is 2. The highest BCUT2D eigenvalue weighted by Crippen LogP contribution is 2.24. The van der Waals surface area contributed by atoms with Crippen molar-refractivity contribution >= 4 is 23.0 Å². The molecule has 4 heteroatoms. The van der Waals surface area contributed by atoms with Crippen molar-refractivity contribution in [1.82, 2.24) is 0 Å². The fourth-order valence-electron chi connectivity index (χ4n) is 1.83. The first-order valence-corrected chi connectivity index (χ1v) is 5.91. The molecular formula is C15H16N2O2. The van der Waals surface area contributed by atoms with E-state index in [1.165, 1.54) is 7.11 Å². The summed E-state index contributed by atoms with van der Waals surface area (Å²) in [7, 11) is 1.35. The van der Waals surface area contributed by atoms with Crippen LogP contribution < -0.4 is 11.1 Å². The molecule has 98 valence electrons. The van der Waals surface area contributed by atoms with Crippen molar-refractivity contribution in [2.24, 2.45) is 0 Å². The molecule has 0 fully saturated rings. The van der Waals surface area contributed by atoms with Crippen LogP contribution >= 0.6 is 0 Å². The van der Waals surface area contributed by atoms with E-state index in [4.69, 9.17) is 10.5 Å². The second-order valence-corrected chi connectivity index (χ2v) is 4.29. The van der Waals surface area contributed by atoms with Crippen LogP contribution in [-0.4, -0.2) is 13.1 Å². The summed E-state index contributed by atoms with van der Waals surface area (Å²) in [6.07, 6.45) is 0. The van der Waals surface area contributed by atoms with Crippen LogP contribution in [0.2, 0.25) is 0 Å². The Labute approximate surface area is 112 Å². The number of hydrogen-bond donors (Lipinski definition) is 2. The van der Waals surface area contributed by atoms with E-state index in [-0.39, 0.29) is 0 Å². The number of nitrogen functional groups attached to an aromatic ring is 1. The van der Waals surface area contributed by atoms with Gasteiger partial charge in [0.15, 0.2) is 0 Å². The second kappa shape index (κ2) is 5.44. The molecule has 2 aromatic rings. The third-order valence-electron chi connectivity index (χ3n) is 2.75. The van der Waals surface area contributed by atoms with E-state index in [0.717, 1.165) is 11.3 Å². The van der Waals surface area contributed by atoms with Gasteiger partial charge in [-0.2, -0.15) is 0 Å². The van der Waals surface area contributed by atoms with E-state index in [2.05, 4.69) is 5.32 Å². The lowest BCUT2D eigenvalue weighted by molar-refractivity contribution is 0.0602. The summed E-state index contributed by atoms with van der Waals surface area (Å²) in [6.45, 7) is 2.01. The van der Waals surface area contributed by atoms with Gasteiger partial charge in [-0.1, -0.05) is 12.1 Å². The fraction of sp³-hybridized carbons (Fsp3) is 0.133. The smallest absolute Gasteiger partial charge is 0.340 e. The molecule has 0 spiro atoms. The lowest BCUT2D eigenvalue weighted by atomic mass is 10.1. The quantitative estimate of drug-likeness (QED) is 0.654. The topological polar surface area (TPSA) is 64.3 Å². The van der Waals surface area contributed by atoms with Crippen LogP contribution in [0.5, 0.6) is 0 Å². The highest BCUT2D eigenvalue weighted by molar-refractivity contribution is 5.97. The molecule has 0 radical (unpaired) electrons. The number of methoxy groups -OCH3 is 1. The van der Waals surface area contributed by atoms with E-state index in [1.54, 1.807) is 18.2 Å². The molecule has 0 amide bonds. The molecule has 0 aliphatic rings. The maximum Gasteiger partial charge on any atom is 0.340 e. The Morgan fingerprint density at radius 2 is 2.00 bits per heavy atom. The van der Waals surface area contributed by atoms with Crippen LogP contribution in [0.1, 0.15) is 15.9 Å². The van der Waals surface area contributed by atoms with Gasteiger partial charge in [0.1, 0.15) is 0 Å². The number of hydrogen-bond acceptors (Lipinski definition) is 4. The first-order valence-electron chi connectivity index (χ1n) is 5.91. The van der Waals surface area contributed by atoms with Crippen LogP contribution in [0.4, 0.5) is 17.1 Å². The van der Waals surface area contributed by atoms with Gasteiger partial charge in [0, 0.05) is 11.4 Å². The number of anilines is 3. The van der Waals surface area contributed by atoms with Gasteiger partial charge >= 0.3 is 5.97 Å². The summed E-state index contributed by atoms with van der Waals surface area (Å²) in [5.41, 5.74) is 9.37. The minimum absolute atomic E-state index is 0.414. The average molecular weight is 256 g/mol. The minimum Gasteiger partial charge on any atom is -0.465 e. The highest BCUT2D eigenvalue weighted by Gasteiger charge is 2.12. The number of nitrogens with two attached hydrogens (primary N) is 1. The molecule has 0 saturated carbocycles. The molecule has 4 nitrogen and oxygen atoms in total. The largest absolute Gasteiger partial charge is 0.465 e. The Bertz CT molecular complexity index is 609. The molecule has 0 unspecified atom stereocenters. The predicted octanol–water partition coefficient (Wildman–Crippen LogP) is 3.11. The summed E-state index contributed by atoms with van der Waals surface area (Å²) in [5.74, 6) is -0.414. The second-order valence-electron chi connectivity index (χ2n) is 4.29. The molecule has 3 N–H and O–H groups in total. The monoisotopic (exact) mass is 256 g/mol. The lowest BCUT2D eigenvalue weighted by Crippen LogP contribution is -2.06. The van der Waals surface area contributed by atoms with Crippen LogP contribution in [-0.2, 0) is 4.74 Å².